The Morgan fingerprint density at radius 1 is 0.257 bits per heavy atom. The van der Waals surface area contributed by atoms with Crippen molar-refractivity contribution in [2.45, 2.75) is 43.9 Å². The van der Waals surface area contributed by atoms with Crippen molar-refractivity contribution < 1.29 is 0 Å². The van der Waals surface area contributed by atoms with Crippen molar-refractivity contribution in [1.82, 2.24) is 0 Å². The Hall–Kier alpha value is -8.78. The number of para-hydroxylation sites is 1. The zero-order valence-electron chi connectivity index (χ0n) is 42.3. The maximum atomic E-state index is 2.51. The third-order valence-electron chi connectivity index (χ3n) is 17.0. The van der Waals surface area contributed by atoms with Crippen LogP contribution in [0.3, 0.4) is 0 Å². The first-order valence-corrected chi connectivity index (χ1v) is 26.2. The molecule has 1 nitrogen and oxygen atoms in total. The first kappa shape index (κ1) is 44.0. The van der Waals surface area contributed by atoms with Crippen LogP contribution in [0.2, 0.25) is 0 Å². The van der Waals surface area contributed by atoms with Crippen LogP contribution < -0.4 is 4.90 Å². The summed E-state index contributed by atoms with van der Waals surface area (Å²) in [5.74, 6) is 0. The molecule has 0 N–H and O–H groups in total. The Morgan fingerprint density at radius 3 is 1.35 bits per heavy atom. The zero-order chi connectivity index (χ0) is 49.8. The van der Waals surface area contributed by atoms with E-state index in [0.29, 0.717) is 0 Å². The fourth-order valence-electron chi connectivity index (χ4n) is 13.6. The predicted octanol–water partition coefficient (Wildman–Crippen LogP) is 19.1. The summed E-state index contributed by atoms with van der Waals surface area (Å²) in [5.41, 5.74) is 28.3. The molecule has 14 rings (SSSR count). The minimum atomic E-state index is -0.544. The second kappa shape index (κ2) is 16.6. The number of nitrogens with zero attached hydrogens (tertiary/aromatic N) is 1. The van der Waals surface area contributed by atoms with Crippen molar-refractivity contribution in [3.63, 3.8) is 0 Å². The standard InChI is InChI=1S/C73H55N/c1-71(2)64-34-17-13-29-57(64)60-44-40-49(46-67(60)71)55-27-16-20-37-69(55)74(53-43-45-61-58-30-15-19-36-66(58)73(68(61)47-53,50-22-7-5-8-23-50)51-24-9-6-10-25-51)52-41-38-48(39-42-52)54-26-11-12-28-56(54)62-32-21-33-63-59-31-14-18-35-65(59)72(3,4)70(62)63/h5-47H,1-4H3. The van der Waals surface area contributed by atoms with Gasteiger partial charge in [-0.15, -0.1) is 0 Å². The van der Waals surface area contributed by atoms with Crippen LogP contribution in [-0.4, -0.2) is 0 Å². The van der Waals surface area contributed by atoms with Crippen LogP contribution in [0.15, 0.2) is 261 Å². The van der Waals surface area contributed by atoms with Gasteiger partial charge in [0.1, 0.15) is 0 Å². The summed E-state index contributed by atoms with van der Waals surface area (Å²) >= 11 is 0. The molecule has 1 heteroatoms. The van der Waals surface area contributed by atoms with E-state index in [-0.39, 0.29) is 10.8 Å². The van der Waals surface area contributed by atoms with E-state index >= 15 is 0 Å². The molecule has 0 unspecified atom stereocenters. The maximum Gasteiger partial charge on any atom is 0.0714 e. The molecule has 11 aromatic carbocycles. The van der Waals surface area contributed by atoms with E-state index in [1.54, 1.807) is 0 Å². The van der Waals surface area contributed by atoms with Gasteiger partial charge in [0.05, 0.1) is 11.1 Å². The molecule has 3 aliphatic rings. The minimum Gasteiger partial charge on any atom is -0.310 e. The van der Waals surface area contributed by atoms with Crippen molar-refractivity contribution in [3.05, 3.63) is 305 Å². The van der Waals surface area contributed by atoms with E-state index in [9.17, 15) is 0 Å². The number of rotatable bonds is 8. The highest BCUT2D eigenvalue weighted by Crippen LogP contribution is 2.59. The zero-order valence-corrected chi connectivity index (χ0v) is 42.3. The summed E-state index contributed by atoms with van der Waals surface area (Å²) in [6.45, 7) is 9.52. The quantitative estimate of drug-likeness (QED) is 0.147. The summed E-state index contributed by atoms with van der Waals surface area (Å²) in [7, 11) is 0. The van der Waals surface area contributed by atoms with Gasteiger partial charge in [-0.2, -0.15) is 0 Å². The van der Waals surface area contributed by atoms with E-state index in [0.717, 1.165) is 17.1 Å². The van der Waals surface area contributed by atoms with Gasteiger partial charge >= 0.3 is 0 Å². The van der Waals surface area contributed by atoms with Gasteiger partial charge in [0, 0.05) is 27.8 Å². The number of benzene rings is 11. The first-order chi connectivity index (χ1) is 36.2. The molecule has 0 aliphatic heterocycles. The normalized spacial score (nSPS) is 14.5. The molecular formula is C73H55N. The highest BCUT2D eigenvalue weighted by Gasteiger charge is 2.46. The van der Waals surface area contributed by atoms with Crippen LogP contribution in [0, 0.1) is 0 Å². The Bertz CT molecular complexity index is 3970. The molecule has 0 saturated heterocycles. The monoisotopic (exact) mass is 945 g/mol. The van der Waals surface area contributed by atoms with Crippen LogP contribution in [-0.2, 0) is 16.2 Å². The fourth-order valence-corrected chi connectivity index (χ4v) is 13.6. The second-order valence-electron chi connectivity index (χ2n) is 21.5. The molecular weight excluding hydrogens is 891 g/mol. The van der Waals surface area contributed by atoms with Crippen LogP contribution in [0.5, 0.6) is 0 Å². The molecule has 0 spiro atoms. The molecule has 3 aliphatic carbocycles. The van der Waals surface area contributed by atoms with Crippen LogP contribution >= 0.6 is 0 Å². The van der Waals surface area contributed by atoms with Gasteiger partial charge in [0.25, 0.3) is 0 Å². The van der Waals surface area contributed by atoms with Gasteiger partial charge in [-0.3, -0.25) is 0 Å². The predicted molar refractivity (Wildman–Crippen MR) is 310 cm³/mol. The molecule has 0 fully saturated rings. The average molecular weight is 946 g/mol. The molecule has 352 valence electrons. The Labute approximate surface area is 435 Å². The van der Waals surface area contributed by atoms with E-state index in [4.69, 9.17) is 0 Å². The first-order valence-electron chi connectivity index (χ1n) is 26.2. The lowest BCUT2D eigenvalue weighted by molar-refractivity contribution is 0.660. The van der Waals surface area contributed by atoms with Gasteiger partial charge in [-0.25, -0.2) is 0 Å². The second-order valence-corrected chi connectivity index (χ2v) is 21.5. The van der Waals surface area contributed by atoms with Crippen molar-refractivity contribution in [2.75, 3.05) is 4.90 Å². The number of anilines is 3. The van der Waals surface area contributed by atoms with Crippen molar-refractivity contribution in [3.8, 4) is 66.8 Å². The molecule has 0 amide bonds. The largest absolute Gasteiger partial charge is 0.310 e. The summed E-state index contributed by atoms with van der Waals surface area (Å²) in [5, 5.41) is 0. The number of hydrogen-bond donors (Lipinski definition) is 0. The fraction of sp³-hybridized carbons (Fsp3) is 0.0959. The molecule has 0 atom stereocenters. The smallest absolute Gasteiger partial charge is 0.0714 e. The Kier molecular flexibility index (Phi) is 9.88. The molecule has 0 radical (unpaired) electrons. The summed E-state index contributed by atoms with van der Waals surface area (Å²) in [4.78, 5) is 2.51. The van der Waals surface area contributed by atoms with Gasteiger partial charge in [0.2, 0.25) is 0 Å². The third kappa shape index (κ3) is 6.36. The molecule has 0 saturated carbocycles. The van der Waals surface area contributed by atoms with Gasteiger partial charge < -0.3 is 4.90 Å². The lowest BCUT2D eigenvalue weighted by atomic mass is 9.67. The molecule has 0 heterocycles. The average Bonchev–Trinajstić information content (AvgIpc) is 4.00. The van der Waals surface area contributed by atoms with E-state index < -0.39 is 5.41 Å². The number of fused-ring (bicyclic) bond motifs is 9. The van der Waals surface area contributed by atoms with Crippen molar-refractivity contribution in [2.24, 2.45) is 0 Å². The number of hydrogen-bond acceptors (Lipinski definition) is 1. The highest BCUT2D eigenvalue weighted by molar-refractivity contribution is 5.96. The lowest BCUT2D eigenvalue weighted by Gasteiger charge is -2.35. The molecule has 74 heavy (non-hydrogen) atoms. The minimum absolute atomic E-state index is 0.130. The van der Waals surface area contributed by atoms with Crippen LogP contribution in [0.1, 0.15) is 72.2 Å². The summed E-state index contributed by atoms with van der Waals surface area (Å²) < 4.78 is 0. The van der Waals surface area contributed by atoms with Gasteiger partial charge in [-0.1, -0.05) is 252 Å². The van der Waals surface area contributed by atoms with Gasteiger partial charge in [-0.05, 0) is 142 Å². The highest BCUT2D eigenvalue weighted by atomic mass is 15.1. The third-order valence-corrected chi connectivity index (χ3v) is 17.0. The van der Waals surface area contributed by atoms with E-state index in [2.05, 4.69) is 293 Å². The topological polar surface area (TPSA) is 3.24 Å². The van der Waals surface area contributed by atoms with Crippen molar-refractivity contribution >= 4 is 17.1 Å². The molecule has 0 bridgehead atoms. The van der Waals surface area contributed by atoms with E-state index in [1.807, 2.05) is 0 Å². The maximum absolute atomic E-state index is 2.51. The molecule has 0 aromatic heterocycles. The SMILES string of the molecule is CC1(C)c2ccccc2-c2ccc(-c3ccccc3N(c3ccc(-c4ccccc4-c4cccc5c4C(C)(C)c4ccccc4-5)cc3)c3ccc4c(c3)C(c3ccccc3)(c3ccccc3)c3ccccc3-4)cc21. The van der Waals surface area contributed by atoms with Gasteiger partial charge in [0.15, 0.2) is 0 Å². The van der Waals surface area contributed by atoms with Crippen molar-refractivity contribution in [1.29, 1.82) is 0 Å². The van der Waals surface area contributed by atoms with E-state index in [1.165, 1.54) is 111 Å². The van der Waals surface area contributed by atoms with Crippen LogP contribution in [0.25, 0.3) is 66.8 Å². The summed E-state index contributed by atoms with van der Waals surface area (Å²) in [6.07, 6.45) is 0. The Balaban J connectivity index is 0.963. The van der Waals surface area contributed by atoms with Crippen LogP contribution in [0.4, 0.5) is 17.1 Å². The molecule has 11 aromatic rings. The summed E-state index contributed by atoms with van der Waals surface area (Å²) in [6, 6.07) is 97.8. The Morgan fingerprint density at radius 2 is 0.689 bits per heavy atom. The lowest BCUT2D eigenvalue weighted by Crippen LogP contribution is -2.28.